The van der Waals surface area contributed by atoms with E-state index in [4.69, 9.17) is 9.15 Å². The van der Waals surface area contributed by atoms with Crippen LogP contribution in [0.1, 0.15) is 32.2 Å². The van der Waals surface area contributed by atoms with Gasteiger partial charge in [-0.2, -0.15) is 10.1 Å². The van der Waals surface area contributed by atoms with Crippen molar-refractivity contribution in [1.82, 2.24) is 19.3 Å². The topological polar surface area (TPSA) is 75.1 Å². The summed E-state index contributed by atoms with van der Waals surface area (Å²) in [7, 11) is 1.82. The maximum atomic E-state index is 13.0. The van der Waals surface area contributed by atoms with Crippen LogP contribution in [0.25, 0.3) is 35.5 Å². The minimum absolute atomic E-state index is 0.0108. The zero-order valence-electron chi connectivity index (χ0n) is 15.1. The largest absolute Gasteiger partial charge is 0.453 e. The molecular formula is C19H22N4O3. The highest BCUT2D eigenvalue weighted by atomic mass is 16.5. The standard InChI is InChI=1S/C19H22N4O3/c1-5-15-8-14(6-7-25-15)23-17-11(2)12(3)26-18(17)16(21-19(23)24)13-9-20-22(4)10-13/h9-10,14-15H,2-3,5-8H2,1,4H3. The predicted octanol–water partition coefficient (Wildman–Crippen LogP) is 1.34. The molecule has 1 saturated heterocycles. The van der Waals surface area contributed by atoms with Crippen molar-refractivity contribution in [2.75, 3.05) is 6.61 Å². The van der Waals surface area contributed by atoms with E-state index < -0.39 is 0 Å². The van der Waals surface area contributed by atoms with Crippen LogP contribution in [-0.4, -0.2) is 32.0 Å². The Hall–Kier alpha value is -2.67. The molecule has 2 atom stereocenters. The third-order valence-corrected chi connectivity index (χ3v) is 5.07. The third-order valence-electron chi connectivity index (χ3n) is 5.07. The van der Waals surface area contributed by atoms with Gasteiger partial charge in [0.15, 0.2) is 5.58 Å². The normalized spacial score (nSPS) is 20.7. The van der Waals surface area contributed by atoms with Crippen molar-refractivity contribution in [1.29, 1.82) is 0 Å². The summed E-state index contributed by atoms with van der Waals surface area (Å²) < 4.78 is 15.0. The Kier molecular flexibility index (Phi) is 4.03. The van der Waals surface area contributed by atoms with E-state index in [0.29, 0.717) is 34.0 Å². The number of nitrogens with zero attached hydrogens (tertiary/aromatic N) is 4. The van der Waals surface area contributed by atoms with E-state index in [1.165, 1.54) is 0 Å². The van der Waals surface area contributed by atoms with Crippen molar-refractivity contribution >= 4 is 24.3 Å². The van der Waals surface area contributed by atoms with Crippen molar-refractivity contribution < 1.29 is 9.15 Å². The van der Waals surface area contributed by atoms with Crippen LogP contribution in [0.15, 0.2) is 21.6 Å². The lowest BCUT2D eigenvalue weighted by Crippen LogP contribution is -2.36. The Morgan fingerprint density at radius 1 is 1.38 bits per heavy atom. The molecule has 0 bridgehead atoms. The molecule has 7 nitrogen and oxygen atoms in total. The molecule has 0 aliphatic carbocycles. The van der Waals surface area contributed by atoms with Gasteiger partial charge in [-0.3, -0.25) is 9.25 Å². The zero-order chi connectivity index (χ0) is 18.4. The van der Waals surface area contributed by atoms with Gasteiger partial charge in [-0.15, -0.1) is 0 Å². The third kappa shape index (κ3) is 2.59. The lowest BCUT2D eigenvalue weighted by molar-refractivity contribution is -0.00714. The van der Waals surface area contributed by atoms with Crippen LogP contribution in [0.2, 0.25) is 0 Å². The van der Waals surface area contributed by atoms with E-state index in [0.717, 1.165) is 24.8 Å². The van der Waals surface area contributed by atoms with Gasteiger partial charge in [0.25, 0.3) is 0 Å². The van der Waals surface area contributed by atoms with Crippen molar-refractivity contribution in [2.24, 2.45) is 7.05 Å². The number of hydrogen-bond donors (Lipinski definition) is 0. The van der Waals surface area contributed by atoms with Crippen LogP contribution < -0.4 is 16.3 Å². The van der Waals surface area contributed by atoms with Crippen molar-refractivity contribution in [3.63, 3.8) is 0 Å². The molecule has 0 radical (unpaired) electrons. The lowest BCUT2D eigenvalue weighted by atomic mass is 10.0. The second kappa shape index (κ2) is 6.25. The number of fused-ring (bicyclic) bond motifs is 1. The minimum atomic E-state index is -0.302. The summed E-state index contributed by atoms with van der Waals surface area (Å²) >= 11 is 0. The smallest absolute Gasteiger partial charge is 0.349 e. The number of aryl methyl sites for hydroxylation is 1. The number of furan rings is 1. The molecule has 7 heteroatoms. The molecule has 136 valence electrons. The van der Waals surface area contributed by atoms with Crippen LogP contribution in [0, 0.1) is 0 Å². The summed E-state index contributed by atoms with van der Waals surface area (Å²) in [5.41, 5.74) is 2.57. The van der Waals surface area contributed by atoms with Gasteiger partial charge in [-0.05, 0) is 19.3 Å². The average Bonchev–Trinajstić information content (AvgIpc) is 3.19. The number of rotatable bonds is 3. The summed E-state index contributed by atoms with van der Waals surface area (Å²) in [6.45, 7) is 10.7. The molecule has 0 spiro atoms. The van der Waals surface area contributed by atoms with Crippen LogP contribution in [-0.2, 0) is 11.8 Å². The van der Waals surface area contributed by atoms with E-state index in [1.54, 1.807) is 21.6 Å². The summed E-state index contributed by atoms with van der Waals surface area (Å²) in [4.78, 5) is 17.3. The van der Waals surface area contributed by atoms with E-state index in [1.807, 2.05) is 7.05 Å². The molecule has 2 unspecified atom stereocenters. The first-order valence-electron chi connectivity index (χ1n) is 8.83. The van der Waals surface area contributed by atoms with Crippen LogP contribution >= 0.6 is 0 Å². The molecule has 0 aromatic carbocycles. The fourth-order valence-electron chi connectivity index (χ4n) is 3.67. The molecule has 4 heterocycles. The molecule has 0 amide bonds. The Morgan fingerprint density at radius 2 is 2.19 bits per heavy atom. The maximum Gasteiger partial charge on any atom is 0.349 e. The molecule has 1 aliphatic rings. The van der Waals surface area contributed by atoms with Crippen molar-refractivity contribution in [3.05, 3.63) is 33.5 Å². The Morgan fingerprint density at radius 3 is 2.88 bits per heavy atom. The molecule has 26 heavy (non-hydrogen) atoms. The Bertz CT molecular complexity index is 1120. The highest BCUT2D eigenvalue weighted by Crippen LogP contribution is 2.29. The van der Waals surface area contributed by atoms with Crippen LogP contribution in [0.3, 0.4) is 0 Å². The molecule has 3 aromatic rings. The van der Waals surface area contributed by atoms with Gasteiger partial charge in [0.2, 0.25) is 0 Å². The first-order valence-corrected chi connectivity index (χ1v) is 8.83. The van der Waals surface area contributed by atoms with Gasteiger partial charge in [0, 0.05) is 36.7 Å². The van der Waals surface area contributed by atoms with Gasteiger partial charge < -0.3 is 9.15 Å². The molecular weight excluding hydrogens is 332 g/mol. The number of hydrogen-bond acceptors (Lipinski definition) is 5. The molecule has 3 aromatic heterocycles. The van der Waals surface area contributed by atoms with Gasteiger partial charge in [-0.25, -0.2) is 4.79 Å². The Labute approximate surface area is 150 Å². The molecule has 0 saturated carbocycles. The maximum absolute atomic E-state index is 13.0. The number of aromatic nitrogens is 4. The molecule has 0 N–H and O–H groups in total. The first kappa shape index (κ1) is 16.8. The fourth-order valence-corrected chi connectivity index (χ4v) is 3.67. The quantitative estimate of drug-likeness (QED) is 0.710. The van der Waals surface area contributed by atoms with Crippen LogP contribution in [0.4, 0.5) is 0 Å². The van der Waals surface area contributed by atoms with Gasteiger partial charge in [0.1, 0.15) is 16.6 Å². The highest BCUT2D eigenvalue weighted by molar-refractivity contribution is 5.87. The second-order valence-corrected chi connectivity index (χ2v) is 6.78. The monoisotopic (exact) mass is 354 g/mol. The predicted molar refractivity (Wildman–Crippen MR) is 99.1 cm³/mol. The first-order chi connectivity index (χ1) is 12.5. The number of ether oxygens (including phenoxy) is 1. The zero-order valence-corrected chi connectivity index (χ0v) is 15.1. The van der Waals surface area contributed by atoms with Gasteiger partial charge >= 0.3 is 5.69 Å². The van der Waals surface area contributed by atoms with Gasteiger partial charge in [0.05, 0.1) is 12.3 Å². The summed E-state index contributed by atoms with van der Waals surface area (Å²) in [6, 6.07) is 0.0108. The molecule has 4 rings (SSSR count). The van der Waals surface area contributed by atoms with Crippen molar-refractivity contribution in [2.45, 2.75) is 38.3 Å². The van der Waals surface area contributed by atoms with Gasteiger partial charge in [-0.1, -0.05) is 20.1 Å². The fraction of sp³-hybridized carbons (Fsp3) is 0.421. The summed E-state index contributed by atoms with van der Waals surface area (Å²) in [5, 5.41) is 4.80. The average molecular weight is 354 g/mol. The van der Waals surface area contributed by atoms with Crippen molar-refractivity contribution in [3.8, 4) is 11.3 Å². The second-order valence-electron chi connectivity index (χ2n) is 6.78. The van der Waals surface area contributed by atoms with E-state index in [9.17, 15) is 4.79 Å². The van der Waals surface area contributed by atoms with E-state index in [-0.39, 0.29) is 17.8 Å². The summed E-state index contributed by atoms with van der Waals surface area (Å²) in [5.74, 6) is 0. The van der Waals surface area contributed by atoms with E-state index >= 15 is 0 Å². The SMILES string of the molecule is C=c1oc2c(-c3cnn(C)c3)nc(=O)n(C3CCOC(CC)C3)c2c1=C. The molecule has 1 fully saturated rings. The highest BCUT2D eigenvalue weighted by Gasteiger charge is 2.27. The summed E-state index contributed by atoms with van der Waals surface area (Å²) in [6.07, 6.45) is 6.07. The molecule has 1 aliphatic heterocycles. The lowest BCUT2D eigenvalue weighted by Gasteiger charge is -2.30. The van der Waals surface area contributed by atoms with Crippen LogP contribution in [0.5, 0.6) is 0 Å². The minimum Gasteiger partial charge on any atom is -0.453 e. The van der Waals surface area contributed by atoms with E-state index in [2.05, 4.69) is 30.2 Å². The Balaban J connectivity index is 1.98.